The summed E-state index contributed by atoms with van der Waals surface area (Å²) < 4.78 is 0. The standard InChI is InChI=1S/C18H23NO/c1-19(2)14-8-12-16(15-9-4-3-5-10-15)17-11-6-7-13-18(17)20/h3-7,9-11,13,16,20H,8,12,14H2,1-2H3/t16-/m1/s1. The summed E-state index contributed by atoms with van der Waals surface area (Å²) in [6.45, 7) is 1.07. The molecule has 2 aromatic carbocycles. The van der Waals surface area contributed by atoms with E-state index in [1.807, 2.05) is 24.3 Å². The van der Waals surface area contributed by atoms with Gasteiger partial charge in [0.15, 0.2) is 0 Å². The molecule has 1 atom stereocenters. The maximum Gasteiger partial charge on any atom is 0.119 e. The topological polar surface area (TPSA) is 23.5 Å². The summed E-state index contributed by atoms with van der Waals surface area (Å²) in [5.41, 5.74) is 2.30. The lowest BCUT2D eigenvalue weighted by molar-refractivity contribution is 0.388. The van der Waals surface area contributed by atoms with E-state index in [4.69, 9.17) is 0 Å². The molecule has 2 heteroatoms. The lowest BCUT2D eigenvalue weighted by Gasteiger charge is -2.20. The van der Waals surface area contributed by atoms with Gasteiger partial charge in [-0.3, -0.25) is 0 Å². The van der Waals surface area contributed by atoms with Crippen molar-refractivity contribution in [1.82, 2.24) is 4.90 Å². The Hall–Kier alpha value is -1.80. The monoisotopic (exact) mass is 269 g/mol. The van der Waals surface area contributed by atoms with Gasteiger partial charge in [0.25, 0.3) is 0 Å². The first-order valence-electron chi connectivity index (χ1n) is 7.16. The Morgan fingerprint density at radius 1 is 0.950 bits per heavy atom. The molecule has 0 unspecified atom stereocenters. The van der Waals surface area contributed by atoms with Crippen molar-refractivity contribution in [3.8, 4) is 5.75 Å². The molecule has 0 aliphatic heterocycles. The summed E-state index contributed by atoms with van der Waals surface area (Å²) in [7, 11) is 4.19. The summed E-state index contributed by atoms with van der Waals surface area (Å²) in [6.07, 6.45) is 2.15. The van der Waals surface area contributed by atoms with Crippen LogP contribution in [0.25, 0.3) is 0 Å². The molecule has 0 heterocycles. The van der Waals surface area contributed by atoms with E-state index in [0.29, 0.717) is 5.75 Å². The van der Waals surface area contributed by atoms with E-state index in [1.165, 1.54) is 5.56 Å². The van der Waals surface area contributed by atoms with Gasteiger partial charge in [-0.05, 0) is 45.1 Å². The van der Waals surface area contributed by atoms with Crippen molar-refractivity contribution in [3.63, 3.8) is 0 Å². The molecule has 0 spiro atoms. The van der Waals surface area contributed by atoms with Crippen molar-refractivity contribution in [2.75, 3.05) is 20.6 Å². The molecule has 0 saturated heterocycles. The van der Waals surface area contributed by atoms with Crippen molar-refractivity contribution >= 4 is 0 Å². The SMILES string of the molecule is CN(C)CCC[C@H](c1ccccc1)c1ccccc1O. The van der Waals surface area contributed by atoms with Crippen LogP contribution in [0.2, 0.25) is 0 Å². The van der Waals surface area contributed by atoms with E-state index >= 15 is 0 Å². The molecule has 2 aromatic rings. The van der Waals surface area contributed by atoms with Gasteiger partial charge < -0.3 is 10.0 Å². The lowest BCUT2D eigenvalue weighted by atomic mass is 9.87. The first-order valence-corrected chi connectivity index (χ1v) is 7.16. The highest BCUT2D eigenvalue weighted by molar-refractivity contribution is 5.41. The summed E-state index contributed by atoms with van der Waals surface area (Å²) in [5.74, 6) is 0.656. The third-order valence-corrected chi connectivity index (χ3v) is 3.61. The highest BCUT2D eigenvalue weighted by Gasteiger charge is 2.16. The first kappa shape index (κ1) is 14.6. The molecule has 0 aliphatic rings. The smallest absolute Gasteiger partial charge is 0.119 e. The number of para-hydroxylation sites is 1. The van der Waals surface area contributed by atoms with Crippen LogP contribution in [0.5, 0.6) is 5.75 Å². The minimum absolute atomic E-state index is 0.261. The average molecular weight is 269 g/mol. The van der Waals surface area contributed by atoms with Crippen LogP contribution in [-0.4, -0.2) is 30.6 Å². The largest absolute Gasteiger partial charge is 0.508 e. The number of hydrogen-bond donors (Lipinski definition) is 1. The number of rotatable bonds is 6. The van der Waals surface area contributed by atoms with Gasteiger partial charge in [0.2, 0.25) is 0 Å². The maximum absolute atomic E-state index is 10.1. The quantitative estimate of drug-likeness (QED) is 0.860. The Kier molecular flexibility index (Phi) is 5.19. The van der Waals surface area contributed by atoms with Crippen LogP contribution in [0.15, 0.2) is 54.6 Å². The van der Waals surface area contributed by atoms with Gasteiger partial charge in [0, 0.05) is 11.5 Å². The van der Waals surface area contributed by atoms with Crippen molar-refractivity contribution in [2.45, 2.75) is 18.8 Å². The highest BCUT2D eigenvalue weighted by atomic mass is 16.3. The van der Waals surface area contributed by atoms with Crippen LogP contribution in [0.4, 0.5) is 0 Å². The molecule has 0 fully saturated rings. The van der Waals surface area contributed by atoms with Gasteiger partial charge in [-0.25, -0.2) is 0 Å². The fraction of sp³-hybridized carbons (Fsp3) is 0.333. The van der Waals surface area contributed by atoms with Gasteiger partial charge in [-0.2, -0.15) is 0 Å². The number of phenols is 1. The van der Waals surface area contributed by atoms with Crippen LogP contribution in [-0.2, 0) is 0 Å². The van der Waals surface area contributed by atoms with Crippen molar-refractivity contribution in [2.24, 2.45) is 0 Å². The number of phenolic OH excluding ortho intramolecular Hbond substituents is 1. The van der Waals surface area contributed by atoms with Crippen molar-refractivity contribution in [1.29, 1.82) is 0 Å². The van der Waals surface area contributed by atoms with E-state index in [9.17, 15) is 5.11 Å². The summed E-state index contributed by atoms with van der Waals surface area (Å²) in [4.78, 5) is 2.20. The molecule has 0 bridgehead atoms. The Labute approximate surface area is 121 Å². The molecular weight excluding hydrogens is 246 g/mol. The molecule has 20 heavy (non-hydrogen) atoms. The van der Waals surface area contributed by atoms with E-state index in [-0.39, 0.29) is 5.92 Å². The Balaban J connectivity index is 2.23. The normalized spacial score (nSPS) is 12.6. The average Bonchev–Trinajstić information content (AvgIpc) is 2.45. The summed E-state index contributed by atoms with van der Waals surface area (Å²) in [6, 6.07) is 18.1. The second-order valence-corrected chi connectivity index (χ2v) is 5.47. The van der Waals surface area contributed by atoms with Crippen LogP contribution in [0.3, 0.4) is 0 Å². The summed E-state index contributed by atoms with van der Waals surface area (Å²) in [5, 5.41) is 10.1. The fourth-order valence-electron chi connectivity index (χ4n) is 2.58. The van der Waals surface area contributed by atoms with Crippen LogP contribution < -0.4 is 0 Å². The van der Waals surface area contributed by atoms with Gasteiger partial charge in [0.05, 0.1) is 0 Å². The van der Waals surface area contributed by atoms with Crippen molar-refractivity contribution < 1.29 is 5.11 Å². The van der Waals surface area contributed by atoms with Gasteiger partial charge in [0.1, 0.15) is 5.75 Å². The predicted molar refractivity (Wildman–Crippen MR) is 84.2 cm³/mol. The number of benzene rings is 2. The Morgan fingerprint density at radius 3 is 2.25 bits per heavy atom. The minimum atomic E-state index is 0.261. The molecule has 2 rings (SSSR count). The predicted octanol–water partition coefficient (Wildman–Crippen LogP) is 3.87. The van der Waals surface area contributed by atoms with Crippen LogP contribution in [0.1, 0.15) is 29.9 Å². The molecular formula is C18H23NO. The molecule has 0 aromatic heterocycles. The molecule has 0 saturated carbocycles. The van der Waals surface area contributed by atoms with Crippen LogP contribution >= 0.6 is 0 Å². The lowest BCUT2D eigenvalue weighted by Crippen LogP contribution is -2.14. The molecule has 106 valence electrons. The van der Waals surface area contributed by atoms with Gasteiger partial charge in [-0.1, -0.05) is 48.5 Å². The molecule has 2 nitrogen and oxygen atoms in total. The number of nitrogens with zero attached hydrogens (tertiary/aromatic N) is 1. The third kappa shape index (κ3) is 3.84. The molecule has 0 aliphatic carbocycles. The molecule has 0 radical (unpaired) electrons. The first-order chi connectivity index (χ1) is 9.68. The zero-order valence-corrected chi connectivity index (χ0v) is 12.3. The fourth-order valence-corrected chi connectivity index (χ4v) is 2.58. The maximum atomic E-state index is 10.1. The van der Waals surface area contributed by atoms with Gasteiger partial charge >= 0.3 is 0 Å². The Morgan fingerprint density at radius 2 is 1.60 bits per heavy atom. The highest BCUT2D eigenvalue weighted by Crippen LogP contribution is 2.34. The molecule has 0 amide bonds. The van der Waals surface area contributed by atoms with E-state index in [1.54, 1.807) is 6.07 Å². The molecule has 1 N–H and O–H groups in total. The second-order valence-electron chi connectivity index (χ2n) is 5.47. The second kappa shape index (κ2) is 7.11. The van der Waals surface area contributed by atoms with E-state index in [0.717, 1.165) is 24.9 Å². The van der Waals surface area contributed by atoms with E-state index < -0.39 is 0 Å². The summed E-state index contributed by atoms with van der Waals surface area (Å²) >= 11 is 0. The van der Waals surface area contributed by atoms with Crippen LogP contribution in [0, 0.1) is 0 Å². The van der Waals surface area contributed by atoms with Gasteiger partial charge in [-0.15, -0.1) is 0 Å². The zero-order chi connectivity index (χ0) is 14.4. The number of hydrogen-bond acceptors (Lipinski definition) is 2. The third-order valence-electron chi connectivity index (χ3n) is 3.61. The number of aromatic hydroxyl groups is 1. The zero-order valence-electron chi connectivity index (χ0n) is 12.3. The van der Waals surface area contributed by atoms with Crippen molar-refractivity contribution in [3.05, 3.63) is 65.7 Å². The minimum Gasteiger partial charge on any atom is -0.508 e. The van der Waals surface area contributed by atoms with E-state index in [2.05, 4.69) is 43.3 Å². The Bertz CT molecular complexity index is 522.